The SMILES string of the molecule is C=CCCCCCCC[C@@H](C)C[C@H](C[C@H](C)CCCC)OS(C)(=O)=O. The van der Waals surface area contributed by atoms with Crippen molar-refractivity contribution in [2.24, 2.45) is 11.8 Å². The van der Waals surface area contributed by atoms with E-state index in [1.807, 2.05) is 6.08 Å². The average Bonchev–Trinajstić information content (AvgIpc) is 2.50. The molecule has 0 radical (unpaired) electrons. The van der Waals surface area contributed by atoms with E-state index in [1.54, 1.807) is 0 Å². The van der Waals surface area contributed by atoms with E-state index < -0.39 is 10.1 Å². The molecular formula is C21H42O3S. The molecule has 0 saturated carbocycles. The van der Waals surface area contributed by atoms with Crippen LogP contribution in [0.15, 0.2) is 12.7 Å². The van der Waals surface area contributed by atoms with Gasteiger partial charge in [0.15, 0.2) is 0 Å². The molecule has 0 spiro atoms. The number of allylic oxidation sites excluding steroid dienone is 1. The summed E-state index contributed by atoms with van der Waals surface area (Å²) in [5.74, 6) is 1.03. The summed E-state index contributed by atoms with van der Waals surface area (Å²) in [5, 5.41) is 0. The smallest absolute Gasteiger partial charge is 0.264 e. The monoisotopic (exact) mass is 374 g/mol. The van der Waals surface area contributed by atoms with E-state index in [0.29, 0.717) is 11.8 Å². The van der Waals surface area contributed by atoms with Crippen LogP contribution in [0.5, 0.6) is 0 Å². The van der Waals surface area contributed by atoms with Gasteiger partial charge in [0.05, 0.1) is 12.4 Å². The third-order valence-electron chi connectivity index (χ3n) is 4.80. The zero-order valence-electron chi connectivity index (χ0n) is 17.1. The second kappa shape index (κ2) is 14.8. The molecule has 0 aromatic rings. The molecule has 0 saturated heterocycles. The lowest BCUT2D eigenvalue weighted by molar-refractivity contribution is 0.146. The summed E-state index contributed by atoms with van der Waals surface area (Å²) in [4.78, 5) is 0. The highest BCUT2D eigenvalue weighted by molar-refractivity contribution is 7.86. The molecule has 0 heterocycles. The van der Waals surface area contributed by atoms with Crippen molar-refractivity contribution in [2.45, 2.75) is 104 Å². The van der Waals surface area contributed by atoms with Crippen LogP contribution in [0, 0.1) is 11.8 Å². The van der Waals surface area contributed by atoms with Crippen molar-refractivity contribution in [3.8, 4) is 0 Å². The number of hydrogen-bond acceptors (Lipinski definition) is 3. The predicted octanol–water partition coefficient (Wildman–Crippen LogP) is 6.49. The Balaban J connectivity index is 4.17. The molecule has 3 nitrogen and oxygen atoms in total. The number of unbranched alkanes of at least 4 members (excludes halogenated alkanes) is 6. The molecule has 0 fully saturated rings. The summed E-state index contributed by atoms with van der Waals surface area (Å²) in [7, 11) is -3.38. The van der Waals surface area contributed by atoms with E-state index >= 15 is 0 Å². The molecule has 4 heteroatoms. The molecule has 0 unspecified atom stereocenters. The lowest BCUT2D eigenvalue weighted by atomic mass is 9.90. The summed E-state index contributed by atoms with van der Waals surface area (Å²) in [6, 6.07) is 0. The fraction of sp³-hybridized carbons (Fsp3) is 0.905. The molecular weight excluding hydrogens is 332 g/mol. The average molecular weight is 375 g/mol. The molecule has 3 atom stereocenters. The zero-order valence-corrected chi connectivity index (χ0v) is 18.0. The van der Waals surface area contributed by atoms with Gasteiger partial charge in [-0.15, -0.1) is 6.58 Å². The molecule has 0 aromatic carbocycles. The summed E-state index contributed by atoms with van der Waals surface area (Å²) in [6.45, 7) is 10.4. The first-order valence-electron chi connectivity index (χ1n) is 10.3. The minimum Gasteiger partial charge on any atom is -0.267 e. The fourth-order valence-electron chi connectivity index (χ4n) is 3.42. The van der Waals surface area contributed by atoms with Gasteiger partial charge in [0.2, 0.25) is 0 Å². The van der Waals surface area contributed by atoms with E-state index in [9.17, 15) is 8.42 Å². The van der Waals surface area contributed by atoms with Crippen molar-refractivity contribution in [3.63, 3.8) is 0 Å². The van der Waals surface area contributed by atoms with Crippen LogP contribution in [0.3, 0.4) is 0 Å². The van der Waals surface area contributed by atoms with Crippen LogP contribution in [0.4, 0.5) is 0 Å². The van der Waals surface area contributed by atoms with Crippen molar-refractivity contribution >= 4 is 10.1 Å². The Morgan fingerprint density at radius 3 is 1.96 bits per heavy atom. The Morgan fingerprint density at radius 2 is 1.44 bits per heavy atom. The first-order chi connectivity index (χ1) is 11.8. The predicted molar refractivity (Wildman–Crippen MR) is 109 cm³/mol. The zero-order chi connectivity index (χ0) is 19.1. The normalized spacial score (nSPS) is 15.7. The Labute approximate surface area is 157 Å². The summed E-state index contributed by atoms with van der Waals surface area (Å²) >= 11 is 0. The van der Waals surface area contributed by atoms with E-state index in [0.717, 1.165) is 32.1 Å². The fourth-order valence-corrected chi connectivity index (χ4v) is 4.07. The van der Waals surface area contributed by atoms with Crippen LogP contribution in [-0.4, -0.2) is 20.8 Å². The van der Waals surface area contributed by atoms with Crippen molar-refractivity contribution in [1.82, 2.24) is 0 Å². The summed E-state index contributed by atoms with van der Waals surface area (Å²) in [6.07, 6.45) is 16.8. The van der Waals surface area contributed by atoms with Crippen LogP contribution in [0.2, 0.25) is 0 Å². The van der Waals surface area contributed by atoms with Gasteiger partial charge in [-0.3, -0.25) is 4.18 Å². The standard InChI is InChI=1S/C21H42O3S/c1-6-8-10-11-12-13-14-16-20(4)18-21(24-25(5,22)23)17-19(3)15-9-7-2/h6,19-21H,1,7-18H2,2-5H3/t19-,20-,21+/m1/s1. The molecule has 0 N–H and O–H groups in total. The Kier molecular flexibility index (Phi) is 14.6. The van der Waals surface area contributed by atoms with Crippen LogP contribution in [0.1, 0.15) is 97.8 Å². The highest BCUT2D eigenvalue weighted by Crippen LogP contribution is 2.24. The summed E-state index contributed by atoms with van der Waals surface area (Å²) in [5.41, 5.74) is 0. The topological polar surface area (TPSA) is 43.4 Å². The Morgan fingerprint density at radius 1 is 0.920 bits per heavy atom. The van der Waals surface area contributed by atoms with Crippen LogP contribution >= 0.6 is 0 Å². The minimum absolute atomic E-state index is 0.163. The van der Waals surface area contributed by atoms with Gasteiger partial charge in [-0.2, -0.15) is 8.42 Å². The first kappa shape index (κ1) is 24.7. The van der Waals surface area contributed by atoms with Gasteiger partial charge in [-0.25, -0.2) is 0 Å². The molecule has 0 bridgehead atoms. The molecule has 0 aromatic heterocycles. The quantitative estimate of drug-likeness (QED) is 0.166. The number of rotatable bonds is 17. The molecule has 0 aliphatic heterocycles. The third-order valence-corrected chi connectivity index (χ3v) is 5.42. The van der Waals surface area contributed by atoms with Gasteiger partial charge in [0.1, 0.15) is 0 Å². The third kappa shape index (κ3) is 16.8. The maximum atomic E-state index is 11.6. The minimum atomic E-state index is -3.38. The Hall–Kier alpha value is -0.350. The van der Waals surface area contributed by atoms with Crippen LogP contribution < -0.4 is 0 Å². The van der Waals surface area contributed by atoms with Crippen molar-refractivity contribution in [3.05, 3.63) is 12.7 Å². The van der Waals surface area contributed by atoms with Gasteiger partial charge >= 0.3 is 0 Å². The molecule has 0 aliphatic rings. The van der Waals surface area contributed by atoms with Gasteiger partial charge in [0, 0.05) is 0 Å². The highest BCUT2D eigenvalue weighted by Gasteiger charge is 2.21. The van der Waals surface area contributed by atoms with E-state index in [2.05, 4.69) is 27.4 Å². The van der Waals surface area contributed by atoms with Crippen molar-refractivity contribution in [2.75, 3.05) is 6.26 Å². The van der Waals surface area contributed by atoms with Crippen molar-refractivity contribution in [1.29, 1.82) is 0 Å². The Bertz CT molecular complexity index is 417. The molecule has 25 heavy (non-hydrogen) atoms. The van der Waals surface area contributed by atoms with E-state index in [-0.39, 0.29) is 6.10 Å². The summed E-state index contributed by atoms with van der Waals surface area (Å²) < 4.78 is 28.5. The molecule has 0 aliphatic carbocycles. The second-order valence-corrected chi connectivity index (χ2v) is 9.48. The molecule has 0 rings (SSSR count). The van der Waals surface area contributed by atoms with E-state index in [1.165, 1.54) is 51.2 Å². The van der Waals surface area contributed by atoms with Gasteiger partial charge in [0.25, 0.3) is 10.1 Å². The van der Waals surface area contributed by atoms with Gasteiger partial charge in [-0.05, 0) is 37.5 Å². The maximum absolute atomic E-state index is 11.6. The molecule has 150 valence electrons. The van der Waals surface area contributed by atoms with Gasteiger partial charge < -0.3 is 0 Å². The lowest BCUT2D eigenvalue weighted by Gasteiger charge is -2.23. The highest BCUT2D eigenvalue weighted by atomic mass is 32.2. The maximum Gasteiger partial charge on any atom is 0.264 e. The largest absolute Gasteiger partial charge is 0.267 e. The van der Waals surface area contributed by atoms with E-state index in [4.69, 9.17) is 4.18 Å². The second-order valence-electron chi connectivity index (χ2n) is 7.88. The first-order valence-corrected chi connectivity index (χ1v) is 12.1. The van der Waals surface area contributed by atoms with Crippen LogP contribution in [0.25, 0.3) is 0 Å². The lowest BCUT2D eigenvalue weighted by Crippen LogP contribution is -2.23. The number of hydrogen-bond donors (Lipinski definition) is 0. The van der Waals surface area contributed by atoms with Gasteiger partial charge in [-0.1, -0.05) is 78.2 Å². The molecule has 0 amide bonds. The van der Waals surface area contributed by atoms with Crippen LogP contribution in [-0.2, 0) is 14.3 Å². The van der Waals surface area contributed by atoms with Crippen molar-refractivity contribution < 1.29 is 12.6 Å².